The molecule has 1 aromatic rings. The molecule has 0 bridgehead atoms. The predicted molar refractivity (Wildman–Crippen MR) is 79.7 cm³/mol. The number of nitrogens with zero attached hydrogens (tertiary/aromatic N) is 1. The zero-order valence-corrected chi connectivity index (χ0v) is 12.6. The lowest BCUT2D eigenvalue weighted by Gasteiger charge is -2.21. The third-order valence-electron chi connectivity index (χ3n) is 3.65. The van der Waals surface area contributed by atoms with Crippen LogP contribution in [-0.2, 0) is 11.3 Å². The highest BCUT2D eigenvalue weighted by molar-refractivity contribution is 5.77. The van der Waals surface area contributed by atoms with E-state index in [0.717, 1.165) is 17.9 Å². The molecule has 1 fully saturated rings. The molecule has 1 amide bonds. The van der Waals surface area contributed by atoms with Crippen LogP contribution in [0, 0.1) is 0 Å². The van der Waals surface area contributed by atoms with Crippen LogP contribution >= 0.6 is 0 Å². The van der Waals surface area contributed by atoms with Gasteiger partial charge in [-0.15, -0.1) is 0 Å². The lowest BCUT2D eigenvalue weighted by atomic mass is 10.2. The molecule has 1 aliphatic carbocycles. The van der Waals surface area contributed by atoms with Gasteiger partial charge in [-0.2, -0.15) is 0 Å². The number of para-hydroxylation sites is 1. The van der Waals surface area contributed by atoms with Gasteiger partial charge in [-0.3, -0.25) is 4.79 Å². The summed E-state index contributed by atoms with van der Waals surface area (Å²) in [5.74, 6) is 0.802. The van der Waals surface area contributed by atoms with E-state index in [2.05, 4.69) is 5.32 Å². The average Bonchev–Trinajstić information content (AvgIpc) is 3.26. The highest BCUT2D eigenvalue weighted by Gasteiger charge is 2.20. The van der Waals surface area contributed by atoms with Gasteiger partial charge in [0.05, 0.1) is 0 Å². The van der Waals surface area contributed by atoms with E-state index in [-0.39, 0.29) is 18.6 Å². The van der Waals surface area contributed by atoms with Gasteiger partial charge in [0.15, 0.2) is 6.61 Å². The van der Waals surface area contributed by atoms with Gasteiger partial charge in [-0.25, -0.2) is 0 Å². The van der Waals surface area contributed by atoms with E-state index in [1.807, 2.05) is 38.1 Å². The first-order valence-electron chi connectivity index (χ1n) is 7.27. The second-order valence-corrected chi connectivity index (χ2v) is 5.65. The topological polar surface area (TPSA) is 41.6 Å². The number of ether oxygens (including phenoxy) is 1. The largest absolute Gasteiger partial charge is 0.483 e. The van der Waals surface area contributed by atoms with Crippen LogP contribution in [0.15, 0.2) is 24.3 Å². The molecule has 0 spiro atoms. The Morgan fingerprint density at radius 2 is 2.10 bits per heavy atom. The van der Waals surface area contributed by atoms with Crippen LogP contribution < -0.4 is 10.1 Å². The van der Waals surface area contributed by atoms with Gasteiger partial charge in [-0.05, 0) is 32.8 Å². The predicted octanol–water partition coefficient (Wildman–Crippen LogP) is 2.18. The van der Waals surface area contributed by atoms with Crippen molar-refractivity contribution < 1.29 is 9.53 Å². The number of hydrogen-bond acceptors (Lipinski definition) is 3. The fraction of sp³-hybridized carbons (Fsp3) is 0.562. The molecule has 1 N–H and O–H groups in total. The Kier molecular flexibility index (Phi) is 5.01. The van der Waals surface area contributed by atoms with Gasteiger partial charge in [0.1, 0.15) is 5.75 Å². The van der Waals surface area contributed by atoms with Crippen molar-refractivity contribution in [2.45, 2.75) is 45.3 Å². The Bertz CT molecular complexity index is 456. The van der Waals surface area contributed by atoms with Gasteiger partial charge in [0, 0.05) is 31.2 Å². The molecule has 4 heteroatoms. The molecule has 20 heavy (non-hydrogen) atoms. The molecule has 0 aromatic heterocycles. The first-order valence-corrected chi connectivity index (χ1v) is 7.27. The summed E-state index contributed by atoms with van der Waals surface area (Å²) in [7, 11) is 1.80. The molecular formula is C16H24N2O2. The van der Waals surface area contributed by atoms with Gasteiger partial charge < -0.3 is 15.0 Å². The van der Waals surface area contributed by atoms with Crippen molar-refractivity contribution in [3.8, 4) is 5.75 Å². The van der Waals surface area contributed by atoms with E-state index in [1.54, 1.807) is 11.9 Å². The lowest BCUT2D eigenvalue weighted by Crippen LogP contribution is -2.36. The molecule has 0 radical (unpaired) electrons. The maximum Gasteiger partial charge on any atom is 0.260 e. The van der Waals surface area contributed by atoms with Crippen LogP contribution in [0.1, 0.15) is 32.3 Å². The molecular weight excluding hydrogens is 252 g/mol. The summed E-state index contributed by atoms with van der Waals surface area (Å²) in [5, 5.41) is 3.47. The van der Waals surface area contributed by atoms with Gasteiger partial charge in [0.25, 0.3) is 5.91 Å². The fourth-order valence-electron chi connectivity index (χ4n) is 1.86. The third kappa shape index (κ3) is 4.23. The highest BCUT2D eigenvalue weighted by Crippen LogP contribution is 2.22. The molecule has 0 atom stereocenters. The fourth-order valence-corrected chi connectivity index (χ4v) is 1.86. The van der Waals surface area contributed by atoms with Crippen LogP contribution in [-0.4, -0.2) is 36.5 Å². The summed E-state index contributed by atoms with van der Waals surface area (Å²) in [4.78, 5) is 13.6. The Hall–Kier alpha value is -1.55. The van der Waals surface area contributed by atoms with Gasteiger partial charge in [0.2, 0.25) is 0 Å². The number of amides is 1. The molecule has 0 heterocycles. The molecule has 2 rings (SSSR count). The monoisotopic (exact) mass is 276 g/mol. The average molecular weight is 276 g/mol. The third-order valence-corrected chi connectivity index (χ3v) is 3.65. The zero-order chi connectivity index (χ0) is 14.5. The van der Waals surface area contributed by atoms with Crippen molar-refractivity contribution in [2.75, 3.05) is 13.7 Å². The minimum Gasteiger partial charge on any atom is -0.483 e. The number of carbonyl (C=O) groups is 1. The van der Waals surface area contributed by atoms with Crippen LogP contribution in [0.4, 0.5) is 0 Å². The van der Waals surface area contributed by atoms with Crippen LogP contribution in [0.25, 0.3) is 0 Å². The highest BCUT2D eigenvalue weighted by atomic mass is 16.5. The van der Waals surface area contributed by atoms with Gasteiger partial charge in [-0.1, -0.05) is 18.2 Å². The Balaban J connectivity index is 1.89. The van der Waals surface area contributed by atoms with Crippen molar-refractivity contribution in [2.24, 2.45) is 0 Å². The zero-order valence-electron chi connectivity index (χ0n) is 12.6. The quantitative estimate of drug-likeness (QED) is 0.830. The maximum atomic E-state index is 11.9. The van der Waals surface area contributed by atoms with Crippen molar-refractivity contribution in [1.82, 2.24) is 10.2 Å². The molecule has 0 unspecified atom stereocenters. The Morgan fingerprint density at radius 1 is 1.40 bits per heavy atom. The summed E-state index contributed by atoms with van der Waals surface area (Å²) in [6.07, 6.45) is 2.53. The van der Waals surface area contributed by atoms with Crippen LogP contribution in [0.2, 0.25) is 0 Å². The van der Waals surface area contributed by atoms with E-state index in [9.17, 15) is 4.79 Å². The smallest absolute Gasteiger partial charge is 0.260 e. The second kappa shape index (κ2) is 6.75. The van der Waals surface area contributed by atoms with Crippen molar-refractivity contribution >= 4 is 5.91 Å². The summed E-state index contributed by atoms with van der Waals surface area (Å²) in [6, 6.07) is 8.76. The molecule has 0 saturated heterocycles. The lowest BCUT2D eigenvalue weighted by molar-refractivity contribution is -0.133. The second-order valence-electron chi connectivity index (χ2n) is 5.65. The van der Waals surface area contributed by atoms with E-state index in [1.165, 1.54) is 12.8 Å². The van der Waals surface area contributed by atoms with Crippen molar-refractivity contribution in [3.05, 3.63) is 29.8 Å². The normalized spacial score (nSPS) is 14.4. The minimum absolute atomic E-state index is 0.00459. The Labute approximate surface area is 121 Å². The SMILES string of the molecule is CC(C)N(C)C(=O)COc1ccccc1CNC1CC1. The number of rotatable bonds is 7. The molecule has 4 nitrogen and oxygen atoms in total. The minimum atomic E-state index is 0.00459. The number of benzene rings is 1. The van der Waals surface area contributed by atoms with Crippen molar-refractivity contribution in [1.29, 1.82) is 0 Å². The first kappa shape index (κ1) is 14.9. The molecule has 110 valence electrons. The number of likely N-dealkylation sites (N-methyl/N-ethyl adjacent to an activating group) is 1. The molecule has 1 aromatic carbocycles. The summed E-state index contributed by atoms with van der Waals surface area (Å²) in [5.41, 5.74) is 1.11. The van der Waals surface area contributed by atoms with E-state index >= 15 is 0 Å². The van der Waals surface area contributed by atoms with Crippen LogP contribution in [0.5, 0.6) is 5.75 Å². The van der Waals surface area contributed by atoms with E-state index < -0.39 is 0 Å². The van der Waals surface area contributed by atoms with Crippen molar-refractivity contribution in [3.63, 3.8) is 0 Å². The maximum absolute atomic E-state index is 11.9. The number of hydrogen-bond donors (Lipinski definition) is 1. The first-order chi connectivity index (χ1) is 9.58. The van der Waals surface area contributed by atoms with E-state index in [4.69, 9.17) is 4.74 Å². The summed E-state index contributed by atoms with van der Waals surface area (Å²) in [6.45, 7) is 4.88. The summed E-state index contributed by atoms with van der Waals surface area (Å²) >= 11 is 0. The molecule has 1 saturated carbocycles. The number of carbonyl (C=O) groups excluding carboxylic acids is 1. The molecule has 1 aliphatic rings. The molecule has 0 aliphatic heterocycles. The number of nitrogens with one attached hydrogen (secondary N) is 1. The van der Waals surface area contributed by atoms with E-state index in [0.29, 0.717) is 6.04 Å². The standard InChI is InChI=1S/C16H24N2O2/c1-12(2)18(3)16(19)11-20-15-7-5-4-6-13(15)10-17-14-8-9-14/h4-7,12,14,17H,8-11H2,1-3H3. The van der Waals surface area contributed by atoms with Crippen LogP contribution in [0.3, 0.4) is 0 Å². The summed E-state index contributed by atoms with van der Waals surface area (Å²) < 4.78 is 5.69. The Morgan fingerprint density at radius 3 is 2.75 bits per heavy atom. The van der Waals surface area contributed by atoms with Gasteiger partial charge >= 0.3 is 0 Å².